The summed E-state index contributed by atoms with van der Waals surface area (Å²) in [6.07, 6.45) is 0.932. The summed E-state index contributed by atoms with van der Waals surface area (Å²) in [5.74, 6) is 0.438. The number of carbonyl (C=O) groups excluding carboxylic acids is 1. The molecule has 0 radical (unpaired) electrons. The van der Waals surface area contributed by atoms with Crippen LogP contribution in [0.15, 0.2) is 40.9 Å². The molecule has 20 heavy (non-hydrogen) atoms. The SMILES string of the molecule is CCc1ccc(C(=O)c2ccc(Cl)c(OC)c2)c(Br)c1. The van der Waals surface area contributed by atoms with E-state index in [-0.39, 0.29) is 5.78 Å². The van der Waals surface area contributed by atoms with E-state index in [1.807, 2.05) is 18.2 Å². The maximum atomic E-state index is 12.5. The van der Waals surface area contributed by atoms with E-state index in [2.05, 4.69) is 22.9 Å². The van der Waals surface area contributed by atoms with Crippen molar-refractivity contribution in [2.75, 3.05) is 7.11 Å². The summed E-state index contributed by atoms with van der Waals surface area (Å²) in [4.78, 5) is 12.5. The van der Waals surface area contributed by atoms with Crippen molar-refractivity contribution in [2.45, 2.75) is 13.3 Å². The van der Waals surface area contributed by atoms with Crippen molar-refractivity contribution in [2.24, 2.45) is 0 Å². The van der Waals surface area contributed by atoms with Gasteiger partial charge in [0.05, 0.1) is 12.1 Å². The smallest absolute Gasteiger partial charge is 0.194 e. The van der Waals surface area contributed by atoms with Crippen molar-refractivity contribution in [3.8, 4) is 5.75 Å². The lowest BCUT2D eigenvalue weighted by atomic mass is 10.0. The Bertz CT molecular complexity index is 653. The number of carbonyl (C=O) groups is 1. The van der Waals surface area contributed by atoms with Gasteiger partial charge in [0.2, 0.25) is 0 Å². The van der Waals surface area contributed by atoms with Gasteiger partial charge in [-0.1, -0.05) is 40.5 Å². The fourth-order valence-corrected chi connectivity index (χ4v) is 2.72. The summed E-state index contributed by atoms with van der Waals surface area (Å²) in [6, 6.07) is 10.8. The van der Waals surface area contributed by atoms with E-state index in [4.69, 9.17) is 16.3 Å². The van der Waals surface area contributed by atoms with E-state index in [1.165, 1.54) is 12.7 Å². The molecule has 2 nitrogen and oxygen atoms in total. The van der Waals surface area contributed by atoms with Gasteiger partial charge in [0, 0.05) is 15.6 Å². The lowest BCUT2D eigenvalue weighted by Gasteiger charge is -2.08. The molecular weight excluding hydrogens is 340 g/mol. The summed E-state index contributed by atoms with van der Waals surface area (Å²) < 4.78 is 5.94. The van der Waals surface area contributed by atoms with Crippen LogP contribution in [0.4, 0.5) is 0 Å². The van der Waals surface area contributed by atoms with Gasteiger partial charge in [-0.2, -0.15) is 0 Å². The third-order valence-corrected chi connectivity index (χ3v) is 4.07. The molecule has 0 aliphatic carbocycles. The van der Waals surface area contributed by atoms with Gasteiger partial charge in [0.25, 0.3) is 0 Å². The quantitative estimate of drug-likeness (QED) is 0.730. The van der Waals surface area contributed by atoms with Gasteiger partial charge in [0.1, 0.15) is 5.75 Å². The molecule has 0 amide bonds. The molecule has 104 valence electrons. The predicted octanol–water partition coefficient (Wildman–Crippen LogP) is 4.90. The van der Waals surface area contributed by atoms with Crippen molar-refractivity contribution in [1.29, 1.82) is 0 Å². The first-order valence-electron chi connectivity index (χ1n) is 6.23. The van der Waals surface area contributed by atoms with Crippen LogP contribution in [0, 0.1) is 0 Å². The summed E-state index contributed by atoms with van der Waals surface area (Å²) in [6.45, 7) is 2.08. The zero-order valence-electron chi connectivity index (χ0n) is 11.2. The Morgan fingerprint density at radius 2 is 2.00 bits per heavy atom. The third-order valence-electron chi connectivity index (χ3n) is 3.10. The second-order valence-corrected chi connectivity index (χ2v) is 5.61. The van der Waals surface area contributed by atoms with Crippen LogP contribution < -0.4 is 4.74 Å². The first-order chi connectivity index (χ1) is 9.56. The molecule has 0 atom stereocenters. The molecule has 0 aliphatic rings. The molecule has 0 aliphatic heterocycles. The Kier molecular flexibility index (Phi) is 4.84. The molecular formula is C16H14BrClO2. The van der Waals surface area contributed by atoms with E-state index in [1.54, 1.807) is 18.2 Å². The summed E-state index contributed by atoms with van der Waals surface area (Å²) in [7, 11) is 1.53. The molecule has 4 heteroatoms. The molecule has 0 saturated carbocycles. The van der Waals surface area contributed by atoms with Crippen molar-refractivity contribution in [3.63, 3.8) is 0 Å². The highest BCUT2D eigenvalue weighted by molar-refractivity contribution is 9.10. The predicted molar refractivity (Wildman–Crippen MR) is 85.0 cm³/mol. The fourth-order valence-electron chi connectivity index (χ4n) is 1.92. The van der Waals surface area contributed by atoms with Gasteiger partial charge in [-0.3, -0.25) is 4.79 Å². The van der Waals surface area contributed by atoms with Gasteiger partial charge in [-0.05, 0) is 42.3 Å². The maximum absolute atomic E-state index is 12.5. The lowest BCUT2D eigenvalue weighted by molar-refractivity contribution is 0.103. The molecule has 0 saturated heterocycles. The Labute approximate surface area is 131 Å². The normalized spacial score (nSPS) is 10.4. The fraction of sp³-hybridized carbons (Fsp3) is 0.188. The number of halogens is 2. The molecule has 0 fully saturated rings. The maximum Gasteiger partial charge on any atom is 0.194 e. The summed E-state index contributed by atoms with van der Waals surface area (Å²) in [5.41, 5.74) is 2.37. The van der Waals surface area contributed by atoms with Crippen LogP contribution in [-0.4, -0.2) is 12.9 Å². The Morgan fingerprint density at radius 1 is 1.25 bits per heavy atom. The van der Waals surface area contributed by atoms with Crippen LogP contribution in [0.2, 0.25) is 5.02 Å². The molecule has 0 bridgehead atoms. The van der Waals surface area contributed by atoms with Crippen LogP contribution in [0.1, 0.15) is 28.4 Å². The third kappa shape index (κ3) is 3.05. The highest BCUT2D eigenvalue weighted by atomic mass is 79.9. The highest BCUT2D eigenvalue weighted by Gasteiger charge is 2.14. The zero-order valence-corrected chi connectivity index (χ0v) is 13.6. The van der Waals surface area contributed by atoms with E-state index >= 15 is 0 Å². The summed E-state index contributed by atoms with van der Waals surface area (Å²) >= 11 is 9.43. The molecule has 2 aromatic rings. The molecule has 0 N–H and O–H groups in total. The van der Waals surface area contributed by atoms with E-state index in [0.717, 1.165) is 10.9 Å². The average Bonchev–Trinajstić information content (AvgIpc) is 2.47. The zero-order chi connectivity index (χ0) is 14.7. The van der Waals surface area contributed by atoms with Crippen LogP contribution in [0.3, 0.4) is 0 Å². The topological polar surface area (TPSA) is 26.3 Å². The number of ether oxygens (including phenoxy) is 1. The summed E-state index contributed by atoms with van der Waals surface area (Å²) in [5, 5.41) is 0.490. The minimum atomic E-state index is -0.0607. The number of rotatable bonds is 4. The minimum Gasteiger partial charge on any atom is -0.495 e. The largest absolute Gasteiger partial charge is 0.495 e. The average molecular weight is 354 g/mol. The van der Waals surface area contributed by atoms with Gasteiger partial charge in [-0.15, -0.1) is 0 Å². The van der Waals surface area contributed by atoms with Crippen LogP contribution >= 0.6 is 27.5 Å². The second kappa shape index (κ2) is 6.42. The molecule has 2 aromatic carbocycles. The molecule has 2 rings (SSSR count). The highest BCUT2D eigenvalue weighted by Crippen LogP contribution is 2.28. The number of benzene rings is 2. The number of methoxy groups -OCH3 is 1. The number of hydrogen-bond donors (Lipinski definition) is 0. The van der Waals surface area contributed by atoms with Crippen molar-refractivity contribution >= 4 is 33.3 Å². The number of ketones is 1. The van der Waals surface area contributed by atoms with Crippen LogP contribution in [0.5, 0.6) is 5.75 Å². The van der Waals surface area contributed by atoms with E-state index in [0.29, 0.717) is 21.9 Å². The Hall–Kier alpha value is -1.32. The Balaban J connectivity index is 2.41. The van der Waals surface area contributed by atoms with E-state index < -0.39 is 0 Å². The number of aryl methyl sites for hydroxylation is 1. The van der Waals surface area contributed by atoms with Crippen LogP contribution in [-0.2, 0) is 6.42 Å². The monoisotopic (exact) mass is 352 g/mol. The first-order valence-corrected chi connectivity index (χ1v) is 7.40. The lowest BCUT2D eigenvalue weighted by Crippen LogP contribution is -2.03. The second-order valence-electron chi connectivity index (χ2n) is 4.35. The van der Waals surface area contributed by atoms with Crippen molar-refractivity contribution in [3.05, 3.63) is 62.6 Å². The van der Waals surface area contributed by atoms with Gasteiger partial charge in [-0.25, -0.2) is 0 Å². The van der Waals surface area contributed by atoms with Gasteiger partial charge in [0.15, 0.2) is 5.78 Å². The molecule has 0 heterocycles. The molecule has 0 unspecified atom stereocenters. The molecule has 0 aromatic heterocycles. The van der Waals surface area contributed by atoms with Gasteiger partial charge < -0.3 is 4.74 Å². The van der Waals surface area contributed by atoms with Crippen LogP contribution in [0.25, 0.3) is 0 Å². The van der Waals surface area contributed by atoms with Crippen molar-refractivity contribution < 1.29 is 9.53 Å². The minimum absolute atomic E-state index is 0.0607. The number of hydrogen-bond acceptors (Lipinski definition) is 2. The first kappa shape index (κ1) is 15.1. The van der Waals surface area contributed by atoms with Gasteiger partial charge >= 0.3 is 0 Å². The molecule has 0 spiro atoms. The van der Waals surface area contributed by atoms with E-state index in [9.17, 15) is 4.79 Å². The Morgan fingerprint density at radius 3 is 2.60 bits per heavy atom. The standard InChI is InChI=1S/C16H14BrClO2/c1-3-10-4-6-12(13(17)8-10)16(19)11-5-7-14(18)15(9-11)20-2/h4-9H,3H2,1-2H3. The van der Waals surface area contributed by atoms with Crippen molar-refractivity contribution in [1.82, 2.24) is 0 Å².